The lowest BCUT2D eigenvalue weighted by atomic mass is 9.80. The summed E-state index contributed by atoms with van der Waals surface area (Å²) in [5, 5.41) is 27.3. The highest BCUT2D eigenvalue weighted by Crippen LogP contribution is 2.33. The van der Waals surface area contributed by atoms with Crippen LogP contribution in [0.3, 0.4) is 0 Å². The molecule has 0 rings (SSSR count). The summed E-state index contributed by atoms with van der Waals surface area (Å²) in [5.74, 6) is 0.594. The molecular formula is C23H50O3S. The van der Waals surface area contributed by atoms with Crippen LogP contribution in [-0.4, -0.2) is 39.2 Å². The number of hydrogen-bond acceptors (Lipinski definition) is 4. The predicted octanol–water partition coefficient (Wildman–Crippen LogP) is 6.54. The Morgan fingerprint density at radius 1 is 0.630 bits per heavy atom. The van der Waals surface area contributed by atoms with Gasteiger partial charge in [-0.3, -0.25) is 0 Å². The molecule has 3 nitrogen and oxygen atoms in total. The van der Waals surface area contributed by atoms with E-state index in [1.54, 1.807) is 0 Å². The summed E-state index contributed by atoms with van der Waals surface area (Å²) in [4.78, 5) is 0. The molecule has 0 atom stereocenters. The van der Waals surface area contributed by atoms with Gasteiger partial charge in [0.15, 0.2) is 5.79 Å². The van der Waals surface area contributed by atoms with Gasteiger partial charge in [-0.05, 0) is 25.5 Å². The normalized spacial score (nSPS) is 12.0. The van der Waals surface area contributed by atoms with Crippen LogP contribution in [-0.2, 0) is 0 Å². The quantitative estimate of drug-likeness (QED) is 0.190. The maximum absolute atomic E-state index is 9.33. The maximum Gasteiger partial charge on any atom is 0.164 e. The third-order valence-corrected chi connectivity index (χ3v) is 6.36. The predicted molar refractivity (Wildman–Crippen MR) is 122 cm³/mol. The second-order valence-electron chi connectivity index (χ2n) is 8.53. The summed E-state index contributed by atoms with van der Waals surface area (Å²) >= 11 is 1.88. The molecule has 4 heteroatoms. The zero-order valence-electron chi connectivity index (χ0n) is 19.1. The van der Waals surface area contributed by atoms with Crippen molar-refractivity contribution in [1.82, 2.24) is 0 Å². The maximum atomic E-state index is 9.33. The summed E-state index contributed by atoms with van der Waals surface area (Å²) < 4.78 is 0. The van der Waals surface area contributed by atoms with Crippen molar-refractivity contribution in [2.45, 2.75) is 124 Å². The zero-order chi connectivity index (χ0) is 21.0. The molecule has 3 N–H and O–H groups in total. The zero-order valence-corrected chi connectivity index (χ0v) is 19.9. The lowest BCUT2D eigenvalue weighted by Gasteiger charge is -2.35. The van der Waals surface area contributed by atoms with Crippen LogP contribution in [0, 0.1) is 5.41 Å². The van der Waals surface area contributed by atoms with Crippen molar-refractivity contribution >= 4 is 11.8 Å². The van der Waals surface area contributed by atoms with E-state index in [2.05, 4.69) is 13.8 Å². The molecule has 0 unspecified atom stereocenters. The lowest BCUT2D eigenvalue weighted by Crippen LogP contribution is -2.41. The Bertz CT molecular complexity index is 274. The van der Waals surface area contributed by atoms with Gasteiger partial charge in [-0.25, -0.2) is 0 Å². The highest BCUT2D eigenvalue weighted by molar-refractivity contribution is 7.99. The van der Waals surface area contributed by atoms with Gasteiger partial charge in [-0.15, -0.1) is 0 Å². The topological polar surface area (TPSA) is 60.7 Å². The van der Waals surface area contributed by atoms with Crippen molar-refractivity contribution in [3.05, 3.63) is 0 Å². The van der Waals surface area contributed by atoms with E-state index in [1.165, 1.54) is 76.9 Å². The molecule has 0 aromatic rings. The molecule has 0 amide bonds. The number of unbranched alkanes of at least 4 members (excludes halogenated alkanes) is 10. The van der Waals surface area contributed by atoms with E-state index < -0.39 is 11.2 Å². The Kier molecular flexibility index (Phi) is 21.3. The second-order valence-corrected chi connectivity index (χ2v) is 9.75. The van der Waals surface area contributed by atoms with E-state index in [4.69, 9.17) is 5.11 Å². The average molecular weight is 407 g/mol. The Morgan fingerprint density at radius 2 is 1.07 bits per heavy atom. The molecule has 0 heterocycles. The molecule has 0 aromatic carbocycles. The molecule has 166 valence electrons. The highest BCUT2D eigenvalue weighted by Gasteiger charge is 2.36. The van der Waals surface area contributed by atoms with Crippen LogP contribution in [0.4, 0.5) is 0 Å². The van der Waals surface area contributed by atoms with Crippen LogP contribution < -0.4 is 0 Å². The fourth-order valence-corrected chi connectivity index (χ4v) is 3.46. The Labute approximate surface area is 174 Å². The van der Waals surface area contributed by atoms with E-state index >= 15 is 0 Å². The first-order valence-electron chi connectivity index (χ1n) is 11.4. The molecule has 0 saturated carbocycles. The number of hydrogen-bond donors (Lipinski definition) is 3. The van der Waals surface area contributed by atoms with E-state index in [1.807, 2.05) is 25.6 Å². The Morgan fingerprint density at radius 3 is 1.48 bits per heavy atom. The molecule has 0 aliphatic rings. The summed E-state index contributed by atoms with van der Waals surface area (Å²) in [6, 6.07) is 0. The molecule has 0 aliphatic carbocycles. The SMILES string of the molecule is CCCCC(C)(C)C(C)(O)O.CCCCCCCCCCCCSCCO. The van der Waals surface area contributed by atoms with Crippen molar-refractivity contribution in [2.24, 2.45) is 5.41 Å². The molecule has 0 aliphatic heterocycles. The largest absolute Gasteiger partial charge is 0.396 e. The van der Waals surface area contributed by atoms with Gasteiger partial charge in [-0.2, -0.15) is 11.8 Å². The van der Waals surface area contributed by atoms with E-state index in [0.29, 0.717) is 6.61 Å². The molecule has 27 heavy (non-hydrogen) atoms. The standard InChI is InChI=1S/C14H30OS.C9H20O2/c1-2-3-4-5-6-7-8-9-10-11-13-16-14-12-15;1-5-6-7-8(2,3)9(4,10)11/h15H,2-14H2,1H3;10-11H,5-7H2,1-4H3. The summed E-state index contributed by atoms with van der Waals surface area (Å²) in [6.07, 6.45) is 17.1. The first-order valence-corrected chi connectivity index (χ1v) is 12.5. The molecule has 0 radical (unpaired) electrons. The van der Waals surface area contributed by atoms with Crippen molar-refractivity contribution in [3.63, 3.8) is 0 Å². The van der Waals surface area contributed by atoms with Crippen molar-refractivity contribution in [1.29, 1.82) is 0 Å². The molecular weight excluding hydrogens is 356 g/mol. The summed E-state index contributed by atoms with van der Waals surface area (Å²) in [7, 11) is 0. The molecule has 0 saturated heterocycles. The Hall–Kier alpha value is 0.230. The fraction of sp³-hybridized carbons (Fsp3) is 1.00. The van der Waals surface area contributed by atoms with Gasteiger partial charge in [0.05, 0.1) is 6.61 Å². The van der Waals surface area contributed by atoms with Crippen LogP contribution in [0.1, 0.15) is 118 Å². The van der Waals surface area contributed by atoms with Gasteiger partial charge in [0.2, 0.25) is 0 Å². The van der Waals surface area contributed by atoms with Gasteiger partial charge in [0, 0.05) is 11.2 Å². The molecule has 0 bridgehead atoms. The van der Waals surface area contributed by atoms with Crippen LogP contribution in [0.5, 0.6) is 0 Å². The number of rotatable bonds is 17. The highest BCUT2D eigenvalue weighted by atomic mass is 32.2. The van der Waals surface area contributed by atoms with Crippen LogP contribution in [0.15, 0.2) is 0 Å². The Balaban J connectivity index is 0. The number of thioether (sulfide) groups is 1. The van der Waals surface area contributed by atoms with E-state index in [-0.39, 0.29) is 0 Å². The van der Waals surface area contributed by atoms with Crippen molar-refractivity contribution < 1.29 is 15.3 Å². The summed E-state index contributed by atoms with van der Waals surface area (Å²) in [6.45, 7) is 9.91. The molecule has 0 spiro atoms. The van der Waals surface area contributed by atoms with E-state index in [9.17, 15) is 10.2 Å². The molecule has 0 fully saturated rings. The second kappa shape index (κ2) is 19.5. The number of aliphatic hydroxyl groups is 3. The van der Waals surface area contributed by atoms with Gasteiger partial charge in [-0.1, -0.05) is 98.3 Å². The third-order valence-electron chi connectivity index (χ3n) is 5.32. The van der Waals surface area contributed by atoms with Gasteiger partial charge >= 0.3 is 0 Å². The molecule has 0 aromatic heterocycles. The van der Waals surface area contributed by atoms with Gasteiger partial charge < -0.3 is 15.3 Å². The van der Waals surface area contributed by atoms with Crippen molar-refractivity contribution in [3.8, 4) is 0 Å². The van der Waals surface area contributed by atoms with Crippen LogP contribution >= 0.6 is 11.8 Å². The minimum atomic E-state index is -1.55. The minimum absolute atomic E-state index is 0.336. The number of aliphatic hydroxyl groups excluding tert-OH is 1. The average Bonchev–Trinajstić information content (AvgIpc) is 2.60. The lowest BCUT2D eigenvalue weighted by molar-refractivity contribution is -0.221. The van der Waals surface area contributed by atoms with Crippen LogP contribution in [0.2, 0.25) is 0 Å². The van der Waals surface area contributed by atoms with Crippen LogP contribution in [0.25, 0.3) is 0 Å². The fourth-order valence-electron chi connectivity index (χ4n) is 2.71. The van der Waals surface area contributed by atoms with E-state index in [0.717, 1.165) is 25.0 Å². The first-order chi connectivity index (χ1) is 12.7. The van der Waals surface area contributed by atoms with Gasteiger partial charge in [0.25, 0.3) is 0 Å². The third kappa shape index (κ3) is 20.8. The summed E-state index contributed by atoms with van der Waals surface area (Å²) in [5.41, 5.74) is -0.400. The van der Waals surface area contributed by atoms with Crippen molar-refractivity contribution in [2.75, 3.05) is 18.1 Å². The first kappa shape index (κ1) is 29.4. The minimum Gasteiger partial charge on any atom is -0.396 e. The van der Waals surface area contributed by atoms with Gasteiger partial charge in [0.1, 0.15) is 0 Å². The smallest absolute Gasteiger partial charge is 0.164 e. The monoisotopic (exact) mass is 406 g/mol.